The number of carbonyl (C=O) groups is 2. The van der Waals surface area contributed by atoms with Crippen molar-refractivity contribution in [2.75, 3.05) is 45.9 Å². The van der Waals surface area contributed by atoms with Crippen molar-refractivity contribution < 1.29 is 28.5 Å². The van der Waals surface area contributed by atoms with Crippen LogP contribution in [0.4, 0.5) is 0 Å². The first-order valence-corrected chi connectivity index (χ1v) is 13.7. The highest BCUT2D eigenvalue weighted by Gasteiger charge is 2.38. The van der Waals surface area contributed by atoms with Crippen molar-refractivity contribution in [3.05, 3.63) is 60.7 Å². The molecule has 2 aromatic carbocycles. The van der Waals surface area contributed by atoms with E-state index in [1.54, 1.807) is 24.3 Å². The summed E-state index contributed by atoms with van der Waals surface area (Å²) in [7, 11) is 0. The zero-order chi connectivity index (χ0) is 27.4. The van der Waals surface area contributed by atoms with Crippen molar-refractivity contribution in [1.82, 2.24) is 9.80 Å². The summed E-state index contributed by atoms with van der Waals surface area (Å²) in [5.41, 5.74) is 0. The summed E-state index contributed by atoms with van der Waals surface area (Å²) in [4.78, 5) is 28.9. The molecule has 8 nitrogen and oxygen atoms in total. The van der Waals surface area contributed by atoms with E-state index in [0.29, 0.717) is 57.1 Å². The van der Waals surface area contributed by atoms with Gasteiger partial charge < -0.3 is 18.9 Å². The SMILES string of the molecule is CCC(Oc1ccccc1)C(=O)OCCN1CCN(CCOC(=O)C(CC)Oc2ccccc2)C(Cl)(Cl)C1. The molecule has 1 aliphatic heterocycles. The smallest absolute Gasteiger partial charge is 0.347 e. The monoisotopic (exact) mass is 566 g/mol. The van der Waals surface area contributed by atoms with Crippen molar-refractivity contribution >= 4 is 35.1 Å². The Morgan fingerprint density at radius 3 is 1.71 bits per heavy atom. The molecule has 0 saturated carbocycles. The van der Waals surface area contributed by atoms with Crippen molar-refractivity contribution in [1.29, 1.82) is 0 Å². The quantitative estimate of drug-likeness (QED) is 0.187. The molecule has 1 aliphatic rings. The standard InChI is InChI=1S/C28H36Cl2N2O6/c1-3-24(37-22-11-7-5-8-12-22)26(33)35-19-17-31-15-16-32(28(29,30)21-31)18-20-36-27(34)25(4-2)38-23-13-9-6-10-14-23/h5-14,24-25H,3-4,15-21H2,1-2H3. The highest BCUT2D eigenvalue weighted by molar-refractivity contribution is 6.48. The van der Waals surface area contributed by atoms with Gasteiger partial charge in [-0.05, 0) is 37.1 Å². The van der Waals surface area contributed by atoms with E-state index < -0.39 is 28.6 Å². The Morgan fingerprint density at radius 1 is 0.789 bits per heavy atom. The van der Waals surface area contributed by atoms with Crippen LogP contribution in [0.3, 0.4) is 0 Å². The number of benzene rings is 2. The molecule has 208 valence electrons. The zero-order valence-corrected chi connectivity index (χ0v) is 23.4. The molecule has 0 aromatic heterocycles. The summed E-state index contributed by atoms with van der Waals surface area (Å²) in [6.45, 7) is 6.58. The van der Waals surface area contributed by atoms with Crippen LogP contribution in [-0.2, 0) is 19.1 Å². The van der Waals surface area contributed by atoms with Crippen LogP contribution in [-0.4, -0.2) is 84.3 Å². The zero-order valence-electron chi connectivity index (χ0n) is 21.9. The third-order valence-electron chi connectivity index (χ3n) is 6.13. The van der Waals surface area contributed by atoms with Gasteiger partial charge in [0.1, 0.15) is 24.7 Å². The van der Waals surface area contributed by atoms with E-state index in [0.717, 1.165) is 0 Å². The number of rotatable bonds is 14. The number of carbonyl (C=O) groups excluding carboxylic acids is 2. The van der Waals surface area contributed by atoms with E-state index in [1.807, 2.05) is 60.0 Å². The lowest BCUT2D eigenvalue weighted by Gasteiger charge is -2.43. The highest BCUT2D eigenvalue weighted by Crippen LogP contribution is 2.30. The van der Waals surface area contributed by atoms with E-state index in [4.69, 9.17) is 42.1 Å². The van der Waals surface area contributed by atoms with Crippen LogP contribution >= 0.6 is 23.2 Å². The lowest BCUT2D eigenvalue weighted by atomic mass is 10.2. The molecule has 1 heterocycles. The van der Waals surface area contributed by atoms with Gasteiger partial charge in [-0.1, -0.05) is 73.4 Å². The van der Waals surface area contributed by atoms with Crippen molar-refractivity contribution in [2.24, 2.45) is 0 Å². The maximum absolute atomic E-state index is 12.5. The normalized spacial score (nSPS) is 17.3. The van der Waals surface area contributed by atoms with E-state index in [2.05, 4.69) is 0 Å². The van der Waals surface area contributed by atoms with Crippen molar-refractivity contribution in [3.8, 4) is 11.5 Å². The second kappa shape index (κ2) is 15.2. The maximum Gasteiger partial charge on any atom is 0.347 e. The molecule has 2 atom stereocenters. The van der Waals surface area contributed by atoms with Gasteiger partial charge in [-0.25, -0.2) is 9.59 Å². The Morgan fingerprint density at radius 2 is 1.26 bits per heavy atom. The molecule has 3 rings (SSSR count). The van der Waals surface area contributed by atoms with Crippen LogP contribution in [0, 0.1) is 0 Å². The molecule has 0 aliphatic carbocycles. The Kier molecular flexibility index (Phi) is 12.0. The van der Waals surface area contributed by atoms with Gasteiger partial charge in [-0.15, -0.1) is 0 Å². The van der Waals surface area contributed by atoms with Crippen LogP contribution in [0.1, 0.15) is 26.7 Å². The molecule has 2 unspecified atom stereocenters. The van der Waals surface area contributed by atoms with Crippen LogP contribution in [0.2, 0.25) is 0 Å². The summed E-state index contributed by atoms with van der Waals surface area (Å²) in [5, 5.41) is 0. The molecule has 0 bridgehead atoms. The minimum absolute atomic E-state index is 0.145. The van der Waals surface area contributed by atoms with Crippen LogP contribution in [0.15, 0.2) is 60.7 Å². The maximum atomic E-state index is 12.5. The van der Waals surface area contributed by atoms with Gasteiger partial charge in [0.25, 0.3) is 0 Å². The van der Waals surface area contributed by atoms with Crippen LogP contribution in [0.25, 0.3) is 0 Å². The largest absolute Gasteiger partial charge is 0.479 e. The second-order valence-electron chi connectivity index (χ2n) is 8.92. The number of ether oxygens (including phenoxy) is 4. The van der Waals surface area contributed by atoms with Crippen molar-refractivity contribution in [3.63, 3.8) is 0 Å². The van der Waals surface area contributed by atoms with Gasteiger partial charge in [0.05, 0.1) is 0 Å². The summed E-state index contributed by atoms with van der Waals surface area (Å²) >= 11 is 13.2. The van der Waals surface area contributed by atoms with Crippen LogP contribution in [0.5, 0.6) is 11.5 Å². The molecule has 38 heavy (non-hydrogen) atoms. The van der Waals surface area contributed by atoms with Gasteiger partial charge in [0.15, 0.2) is 16.7 Å². The topological polar surface area (TPSA) is 77.5 Å². The van der Waals surface area contributed by atoms with Gasteiger partial charge in [0, 0.05) is 32.7 Å². The minimum Gasteiger partial charge on any atom is -0.479 e. The first kappa shape index (κ1) is 30.0. The number of para-hydroxylation sites is 2. The summed E-state index contributed by atoms with van der Waals surface area (Å²) in [5.74, 6) is 0.420. The fraction of sp³-hybridized carbons (Fsp3) is 0.500. The molecule has 2 aromatic rings. The Labute approximate surface area is 234 Å². The van der Waals surface area contributed by atoms with Crippen molar-refractivity contribution in [2.45, 2.75) is 43.4 Å². The molecule has 0 N–H and O–H groups in total. The molecule has 0 amide bonds. The van der Waals surface area contributed by atoms with Gasteiger partial charge in [-0.3, -0.25) is 9.80 Å². The first-order valence-electron chi connectivity index (χ1n) is 12.9. The molecular formula is C28H36Cl2N2O6. The average molecular weight is 568 g/mol. The summed E-state index contributed by atoms with van der Waals surface area (Å²) in [6, 6.07) is 18.4. The number of hydrogen-bond acceptors (Lipinski definition) is 8. The predicted molar refractivity (Wildman–Crippen MR) is 147 cm³/mol. The van der Waals surface area contributed by atoms with Gasteiger partial charge in [0.2, 0.25) is 0 Å². The Balaban J connectivity index is 1.37. The number of hydrogen-bond donors (Lipinski definition) is 0. The van der Waals surface area contributed by atoms with Gasteiger partial charge >= 0.3 is 11.9 Å². The fourth-order valence-corrected chi connectivity index (χ4v) is 4.66. The summed E-state index contributed by atoms with van der Waals surface area (Å²) < 4.78 is 21.2. The third-order valence-corrected chi connectivity index (χ3v) is 6.85. The average Bonchev–Trinajstić information content (AvgIpc) is 2.92. The number of piperazine rings is 1. The molecule has 0 spiro atoms. The first-order chi connectivity index (χ1) is 18.3. The van der Waals surface area contributed by atoms with E-state index in [-0.39, 0.29) is 13.2 Å². The Hall–Kier alpha value is -2.52. The highest BCUT2D eigenvalue weighted by atomic mass is 35.5. The number of nitrogens with zero attached hydrogens (tertiary/aromatic N) is 2. The second-order valence-corrected chi connectivity index (χ2v) is 10.4. The molecular weight excluding hydrogens is 531 g/mol. The van der Waals surface area contributed by atoms with Gasteiger partial charge in [-0.2, -0.15) is 0 Å². The van der Waals surface area contributed by atoms with E-state index in [9.17, 15) is 9.59 Å². The molecule has 1 fully saturated rings. The molecule has 1 saturated heterocycles. The van der Waals surface area contributed by atoms with Crippen LogP contribution < -0.4 is 9.47 Å². The fourth-order valence-electron chi connectivity index (χ4n) is 3.98. The lowest BCUT2D eigenvalue weighted by molar-refractivity contribution is -0.154. The summed E-state index contributed by atoms with van der Waals surface area (Å²) in [6.07, 6.45) is -0.356. The minimum atomic E-state index is -1.16. The Bertz CT molecular complexity index is 995. The molecule has 10 heteroatoms. The molecule has 0 radical (unpaired) electrons. The number of esters is 2. The third kappa shape index (κ3) is 9.34. The van der Waals surface area contributed by atoms with E-state index >= 15 is 0 Å². The lowest BCUT2D eigenvalue weighted by Crippen LogP contribution is -2.57. The number of halogens is 2. The number of alkyl halides is 2. The predicted octanol–water partition coefficient (Wildman–Crippen LogP) is 4.54. The van der Waals surface area contributed by atoms with E-state index in [1.165, 1.54) is 0 Å².